The van der Waals surface area contributed by atoms with Gasteiger partial charge in [0.25, 0.3) is 10.0 Å². The van der Waals surface area contributed by atoms with Crippen molar-refractivity contribution < 1.29 is 8.42 Å². The van der Waals surface area contributed by atoms with Crippen LogP contribution in [-0.2, 0) is 16.6 Å². The van der Waals surface area contributed by atoms with Gasteiger partial charge in [0, 0.05) is 32.9 Å². The molecule has 0 unspecified atom stereocenters. The fraction of sp³-hybridized carbons (Fsp3) is 0.727. The first-order chi connectivity index (χ1) is 8.97. The van der Waals surface area contributed by atoms with E-state index in [4.69, 9.17) is 0 Å². The third-order valence-electron chi connectivity index (χ3n) is 2.80. The summed E-state index contributed by atoms with van der Waals surface area (Å²) in [6, 6.07) is 0.706. The molecule has 108 valence electrons. The zero-order valence-electron chi connectivity index (χ0n) is 11.3. The van der Waals surface area contributed by atoms with Crippen molar-refractivity contribution in [2.75, 3.05) is 20.6 Å². The number of hydrogen-bond donors (Lipinski definition) is 2. The van der Waals surface area contributed by atoms with E-state index in [0.29, 0.717) is 6.04 Å². The van der Waals surface area contributed by atoms with Gasteiger partial charge in [0.2, 0.25) is 0 Å². The van der Waals surface area contributed by atoms with Crippen LogP contribution in [0.3, 0.4) is 0 Å². The number of aromatic nitrogens is 2. The van der Waals surface area contributed by atoms with Crippen molar-refractivity contribution in [2.45, 2.75) is 36.7 Å². The van der Waals surface area contributed by atoms with E-state index in [0.717, 1.165) is 19.5 Å². The Bertz CT molecular complexity index is 507. The van der Waals surface area contributed by atoms with Crippen LogP contribution in [0.1, 0.15) is 19.3 Å². The van der Waals surface area contributed by atoms with Gasteiger partial charge in [-0.15, -0.1) is 4.83 Å². The van der Waals surface area contributed by atoms with E-state index < -0.39 is 10.0 Å². The predicted octanol–water partition coefficient (Wildman–Crippen LogP) is -0.220. The van der Waals surface area contributed by atoms with Crippen molar-refractivity contribution in [1.29, 1.82) is 0 Å². The minimum absolute atomic E-state index is 0.191. The van der Waals surface area contributed by atoms with Gasteiger partial charge >= 0.3 is 0 Å². The van der Waals surface area contributed by atoms with Crippen LogP contribution in [-0.4, -0.2) is 49.9 Å². The molecule has 0 aliphatic heterocycles. The van der Waals surface area contributed by atoms with Gasteiger partial charge in [-0.05, 0) is 25.8 Å². The van der Waals surface area contributed by atoms with Crippen LogP contribution in [0.25, 0.3) is 0 Å². The Labute approximate surface area is 114 Å². The van der Waals surface area contributed by atoms with Crippen molar-refractivity contribution >= 4 is 10.0 Å². The maximum atomic E-state index is 11.9. The quantitative estimate of drug-likeness (QED) is 0.510. The second-order valence-corrected chi connectivity index (χ2v) is 6.67. The number of nitrogens with zero attached hydrogens (tertiary/aromatic N) is 3. The molecular formula is C11H21N5O2S. The molecule has 7 nitrogen and oxygen atoms in total. The van der Waals surface area contributed by atoms with Crippen molar-refractivity contribution in [3.05, 3.63) is 12.4 Å². The second kappa shape index (κ2) is 6.00. The SMILES string of the molecule is CN(C)NS(=O)(=O)c1cnn(CCCNC2CC2)c1. The van der Waals surface area contributed by atoms with Crippen molar-refractivity contribution in [2.24, 2.45) is 0 Å². The van der Waals surface area contributed by atoms with E-state index in [1.807, 2.05) is 0 Å². The summed E-state index contributed by atoms with van der Waals surface area (Å²) in [5, 5.41) is 8.88. The average molecular weight is 287 g/mol. The van der Waals surface area contributed by atoms with Gasteiger partial charge in [0.05, 0.1) is 6.20 Å². The lowest BCUT2D eigenvalue weighted by molar-refractivity contribution is 0.364. The molecule has 19 heavy (non-hydrogen) atoms. The standard InChI is InChI=1S/C11H21N5O2S/c1-15(2)14-19(17,18)11-8-13-16(9-11)7-3-6-12-10-4-5-10/h8-10,12,14H,3-7H2,1-2H3. The molecule has 1 heterocycles. The summed E-state index contributed by atoms with van der Waals surface area (Å²) < 4.78 is 25.4. The number of rotatable bonds is 8. The first-order valence-corrected chi connectivity index (χ1v) is 7.91. The lowest BCUT2D eigenvalue weighted by Gasteiger charge is -2.10. The molecule has 1 saturated carbocycles. The van der Waals surface area contributed by atoms with E-state index >= 15 is 0 Å². The van der Waals surface area contributed by atoms with E-state index in [1.54, 1.807) is 25.0 Å². The molecule has 0 amide bonds. The van der Waals surface area contributed by atoms with Crippen LogP contribution >= 0.6 is 0 Å². The Balaban J connectivity index is 1.83. The lowest BCUT2D eigenvalue weighted by atomic mass is 10.4. The molecule has 8 heteroatoms. The van der Waals surface area contributed by atoms with Crippen molar-refractivity contribution in [1.82, 2.24) is 24.9 Å². The molecule has 0 aromatic carbocycles. The Morgan fingerprint density at radius 2 is 2.21 bits per heavy atom. The molecule has 1 aromatic rings. The minimum atomic E-state index is -3.50. The van der Waals surface area contributed by atoms with Gasteiger partial charge in [-0.2, -0.15) is 5.10 Å². The molecule has 1 aliphatic carbocycles. The highest BCUT2D eigenvalue weighted by Gasteiger charge is 2.20. The summed E-state index contributed by atoms with van der Waals surface area (Å²) in [5.74, 6) is 0. The van der Waals surface area contributed by atoms with Gasteiger partial charge < -0.3 is 5.32 Å². The van der Waals surface area contributed by atoms with Crippen LogP contribution < -0.4 is 10.1 Å². The smallest absolute Gasteiger partial charge is 0.256 e. The first kappa shape index (κ1) is 14.4. The summed E-state index contributed by atoms with van der Waals surface area (Å²) in [7, 11) is -0.235. The van der Waals surface area contributed by atoms with E-state index in [1.165, 1.54) is 24.0 Å². The summed E-state index contributed by atoms with van der Waals surface area (Å²) in [5.41, 5.74) is 0. The third kappa shape index (κ3) is 4.57. The van der Waals surface area contributed by atoms with Gasteiger partial charge in [-0.1, -0.05) is 0 Å². The van der Waals surface area contributed by atoms with Gasteiger partial charge in [-0.25, -0.2) is 13.4 Å². The Kier molecular flexibility index (Phi) is 4.56. The molecule has 0 atom stereocenters. The number of aryl methyl sites for hydroxylation is 1. The summed E-state index contributed by atoms with van der Waals surface area (Å²) >= 11 is 0. The molecular weight excluding hydrogens is 266 g/mol. The number of sulfonamides is 1. The molecule has 0 spiro atoms. The van der Waals surface area contributed by atoms with Gasteiger partial charge in [0.1, 0.15) is 4.90 Å². The highest BCUT2D eigenvalue weighted by Crippen LogP contribution is 2.18. The fourth-order valence-corrected chi connectivity index (χ4v) is 2.77. The monoisotopic (exact) mass is 287 g/mol. The molecule has 1 aliphatic rings. The van der Waals surface area contributed by atoms with E-state index in [9.17, 15) is 8.42 Å². The summed E-state index contributed by atoms with van der Waals surface area (Å²) in [6.45, 7) is 1.67. The molecule has 2 rings (SSSR count). The van der Waals surface area contributed by atoms with E-state index in [-0.39, 0.29) is 4.90 Å². The maximum Gasteiger partial charge on any atom is 0.256 e. The third-order valence-corrected chi connectivity index (χ3v) is 4.23. The molecule has 1 aromatic heterocycles. The van der Waals surface area contributed by atoms with Crippen LogP contribution in [0.2, 0.25) is 0 Å². The van der Waals surface area contributed by atoms with Gasteiger partial charge in [-0.3, -0.25) is 4.68 Å². The largest absolute Gasteiger partial charge is 0.314 e. The molecule has 1 fully saturated rings. The highest BCUT2D eigenvalue weighted by molar-refractivity contribution is 7.89. The second-order valence-electron chi connectivity index (χ2n) is 5.01. The minimum Gasteiger partial charge on any atom is -0.314 e. The van der Waals surface area contributed by atoms with Crippen LogP contribution in [0.5, 0.6) is 0 Å². The molecule has 0 saturated heterocycles. The van der Waals surface area contributed by atoms with Crippen molar-refractivity contribution in [3.8, 4) is 0 Å². The fourth-order valence-electron chi connectivity index (χ4n) is 1.73. The van der Waals surface area contributed by atoms with E-state index in [2.05, 4.69) is 15.2 Å². The Morgan fingerprint density at radius 3 is 2.84 bits per heavy atom. The lowest BCUT2D eigenvalue weighted by Crippen LogP contribution is -2.35. The van der Waals surface area contributed by atoms with Gasteiger partial charge in [0.15, 0.2) is 0 Å². The van der Waals surface area contributed by atoms with Crippen LogP contribution in [0, 0.1) is 0 Å². The molecule has 0 radical (unpaired) electrons. The Hall–Kier alpha value is -0.960. The topological polar surface area (TPSA) is 79.3 Å². The zero-order valence-corrected chi connectivity index (χ0v) is 12.2. The molecule has 2 N–H and O–H groups in total. The van der Waals surface area contributed by atoms with Crippen molar-refractivity contribution in [3.63, 3.8) is 0 Å². The predicted molar refractivity (Wildman–Crippen MR) is 71.9 cm³/mol. The number of nitrogens with one attached hydrogen (secondary N) is 2. The Morgan fingerprint density at radius 1 is 1.47 bits per heavy atom. The number of hydrogen-bond acceptors (Lipinski definition) is 5. The zero-order chi connectivity index (χ0) is 13.9. The normalized spacial score (nSPS) is 16.2. The first-order valence-electron chi connectivity index (χ1n) is 6.43. The van der Waals surface area contributed by atoms with Crippen LogP contribution in [0.15, 0.2) is 17.3 Å². The highest BCUT2D eigenvalue weighted by atomic mass is 32.2. The maximum absolute atomic E-state index is 11.9. The summed E-state index contributed by atoms with van der Waals surface area (Å²) in [4.78, 5) is 2.57. The van der Waals surface area contributed by atoms with Crippen LogP contribution in [0.4, 0.5) is 0 Å². The molecule has 0 bridgehead atoms. The average Bonchev–Trinajstić information content (AvgIpc) is 2.99. The summed E-state index contributed by atoms with van der Waals surface area (Å²) in [6.07, 6.45) is 6.43. The number of hydrazine groups is 1.